The van der Waals surface area contributed by atoms with Crippen molar-refractivity contribution in [1.82, 2.24) is 0 Å². The van der Waals surface area contributed by atoms with Crippen molar-refractivity contribution in [1.29, 1.82) is 5.26 Å². The number of nitro benzene ring substituents is 1. The monoisotopic (exact) mass is 457 g/mol. The highest BCUT2D eigenvalue weighted by Gasteiger charge is 2.21. The summed E-state index contributed by atoms with van der Waals surface area (Å²) in [7, 11) is 1.41. The Morgan fingerprint density at radius 2 is 1.85 bits per heavy atom. The Hall–Kier alpha value is -4.64. The summed E-state index contributed by atoms with van der Waals surface area (Å²) >= 11 is 0. The highest BCUT2D eigenvalue weighted by molar-refractivity contribution is 6.10. The van der Waals surface area contributed by atoms with Gasteiger partial charge < -0.3 is 14.8 Å². The van der Waals surface area contributed by atoms with Crippen LogP contribution in [0.15, 0.2) is 66.2 Å². The number of hydrogen-bond acceptors (Lipinski definition) is 6. The Bertz CT molecular complexity index is 1290. The molecule has 8 nitrogen and oxygen atoms in total. The number of ether oxygens (including phenoxy) is 2. The molecular formula is C26H23N3O5. The van der Waals surface area contributed by atoms with E-state index in [1.807, 2.05) is 62.4 Å². The van der Waals surface area contributed by atoms with Crippen molar-refractivity contribution in [2.45, 2.75) is 20.5 Å². The number of hydrogen-bond donors (Lipinski definition) is 1. The molecule has 0 aliphatic carbocycles. The number of nitrogens with zero attached hydrogens (tertiary/aromatic N) is 2. The summed E-state index contributed by atoms with van der Waals surface area (Å²) in [6, 6.07) is 19.3. The maximum atomic E-state index is 12.7. The van der Waals surface area contributed by atoms with Gasteiger partial charge in [0.05, 0.1) is 23.7 Å². The van der Waals surface area contributed by atoms with Crippen LogP contribution in [0.3, 0.4) is 0 Å². The van der Waals surface area contributed by atoms with E-state index >= 15 is 0 Å². The topological polar surface area (TPSA) is 114 Å². The SMILES string of the molecule is COc1cc(/C=C(\C#N)C(=O)Nc2cc(C)ccc2C)c([N+](=O)[O-])cc1OCc1ccccc1. The van der Waals surface area contributed by atoms with Gasteiger partial charge >= 0.3 is 0 Å². The molecule has 8 heteroatoms. The number of aryl methyl sites for hydroxylation is 2. The molecule has 0 aromatic heterocycles. The Kier molecular flexibility index (Phi) is 7.62. The molecular weight excluding hydrogens is 434 g/mol. The highest BCUT2D eigenvalue weighted by Crippen LogP contribution is 2.36. The van der Waals surface area contributed by atoms with Gasteiger partial charge in [-0.25, -0.2) is 0 Å². The highest BCUT2D eigenvalue weighted by atomic mass is 16.6. The Labute approximate surface area is 197 Å². The third kappa shape index (κ3) is 5.78. The minimum Gasteiger partial charge on any atom is -0.493 e. The predicted molar refractivity (Wildman–Crippen MR) is 129 cm³/mol. The first-order valence-electron chi connectivity index (χ1n) is 10.4. The minimum absolute atomic E-state index is 0.0431. The molecule has 3 rings (SSSR count). The van der Waals surface area contributed by atoms with Gasteiger partial charge in [-0.2, -0.15) is 5.26 Å². The van der Waals surface area contributed by atoms with E-state index in [-0.39, 0.29) is 34.9 Å². The first-order valence-corrected chi connectivity index (χ1v) is 10.4. The largest absolute Gasteiger partial charge is 0.493 e. The lowest BCUT2D eigenvalue weighted by molar-refractivity contribution is -0.385. The molecule has 0 unspecified atom stereocenters. The normalized spacial score (nSPS) is 10.8. The second kappa shape index (κ2) is 10.8. The number of benzene rings is 3. The van der Waals surface area contributed by atoms with Crippen molar-refractivity contribution in [2.24, 2.45) is 0 Å². The van der Waals surface area contributed by atoms with E-state index in [0.29, 0.717) is 5.69 Å². The van der Waals surface area contributed by atoms with Crippen LogP contribution >= 0.6 is 0 Å². The van der Waals surface area contributed by atoms with Crippen molar-refractivity contribution in [3.8, 4) is 17.6 Å². The molecule has 0 aliphatic heterocycles. The summed E-state index contributed by atoms with van der Waals surface area (Å²) in [6.45, 7) is 3.90. The fourth-order valence-electron chi connectivity index (χ4n) is 3.21. The molecule has 3 aromatic rings. The molecule has 0 saturated heterocycles. The summed E-state index contributed by atoms with van der Waals surface area (Å²) in [5, 5.41) is 24.0. The van der Waals surface area contributed by atoms with Gasteiger partial charge in [-0.15, -0.1) is 0 Å². The van der Waals surface area contributed by atoms with E-state index in [9.17, 15) is 20.2 Å². The number of carbonyl (C=O) groups is 1. The van der Waals surface area contributed by atoms with E-state index in [1.165, 1.54) is 25.3 Å². The fraction of sp³-hybridized carbons (Fsp3) is 0.154. The van der Waals surface area contributed by atoms with Crippen molar-refractivity contribution >= 4 is 23.4 Å². The van der Waals surface area contributed by atoms with E-state index in [1.54, 1.807) is 6.07 Å². The van der Waals surface area contributed by atoms with Gasteiger partial charge in [-0.05, 0) is 48.7 Å². The van der Waals surface area contributed by atoms with Gasteiger partial charge in [0.15, 0.2) is 11.5 Å². The zero-order valence-corrected chi connectivity index (χ0v) is 19.0. The number of nitrogens with one attached hydrogen (secondary N) is 1. The van der Waals surface area contributed by atoms with Gasteiger partial charge in [0.25, 0.3) is 11.6 Å². The smallest absolute Gasteiger partial charge is 0.280 e. The third-order valence-electron chi connectivity index (χ3n) is 5.05. The van der Waals surface area contributed by atoms with Gasteiger partial charge in [-0.3, -0.25) is 14.9 Å². The Balaban J connectivity index is 1.94. The van der Waals surface area contributed by atoms with Crippen molar-refractivity contribution in [2.75, 3.05) is 12.4 Å². The molecule has 1 amide bonds. The van der Waals surface area contributed by atoms with E-state index < -0.39 is 10.8 Å². The summed E-state index contributed by atoms with van der Waals surface area (Å²) in [5.41, 5.74) is 2.63. The summed E-state index contributed by atoms with van der Waals surface area (Å²) in [6.07, 6.45) is 1.17. The molecule has 0 aliphatic rings. The number of anilines is 1. The molecule has 0 heterocycles. The molecule has 3 aromatic carbocycles. The summed E-state index contributed by atoms with van der Waals surface area (Å²) in [4.78, 5) is 23.9. The molecule has 172 valence electrons. The van der Waals surface area contributed by atoms with Crippen LogP contribution in [0.2, 0.25) is 0 Å². The summed E-state index contributed by atoms with van der Waals surface area (Å²) in [5.74, 6) is -0.262. The maximum absolute atomic E-state index is 12.7. The lowest BCUT2D eigenvalue weighted by atomic mass is 10.1. The lowest BCUT2D eigenvalue weighted by Gasteiger charge is -2.12. The quantitative estimate of drug-likeness (QED) is 0.211. The first kappa shape index (κ1) is 24.0. The molecule has 1 N–H and O–H groups in total. The molecule has 0 atom stereocenters. The van der Waals surface area contributed by atoms with Gasteiger partial charge in [0.1, 0.15) is 18.2 Å². The second-order valence-electron chi connectivity index (χ2n) is 7.54. The average Bonchev–Trinajstić information content (AvgIpc) is 2.83. The molecule has 0 bridgehead atoms. The van der Waals surface area contributed by atoms with Crippen LogP contribution in [0.1, 0.15) is 22.3 Å². The number of nitro groups is 1. The van der Waals surface area contributed by atoms with E-state index in [4.69, 9.17) is 9.47 Å². The van der Waals surface area contributed by atoms with Crippen molar-refractivity contribution < 1.29 is 19.2 Å². The molecule has 34 heavy (non-hydrogen) atoms. The number of nitriles is 1. The van der Waals surface area contributed by atoms with Crippen molar-refractivity contribution in [3.63, 3.8) is 0 Å². The van der Waals surface area contributed by atoms with E-state index in [0.717, 1.165) is 16.7 Å². The minimum atomic E-state index is -0.672. The zero-order chi connectivity index (χ0) is 24.7. The van der Waals surface area contributed by atoms with Crippen molar-refractivity contribution in [3.05, 3.63) is 98.6 Å². The standard InChI is InChI=1S/C26H23N3O5/c1-17-9-10-18(2)22(11-17)28-26(30)21(15-27)12-20-13-24(33-3)25(14-23(20)29(31)32)34-16-19-7-5-4-6-8-19/h4-14H,16H2,1-3H3,(H,28,30)/b21-12+. The first-order chi connectivity index (χ1) is 16.3. The molecule has 0 saturated carbocycles. The number of carbonyl (C=O) groups excluding carboxylic acids is 1. The van der Waals surface area contributed by atoms with Gasteiger partial charge in [-0.1, -0.05) is 42.5 Å². The molecule has 0 spiro atoms. The molecule has 0 radical (unpaired) electrons. The Morgan fingerprint density at radius 3 is 2.50 bits per heavy atom. The van der Waals surface area contributed by atoms with Gasteiger partial charge in [0.2, 0.25) is 0 Å². The van der Waals surface area contributed by atoms with Crippen LogP contribution in [0.4, 0.5) is 11.4 Å². The fourth-order valence-corrected chi connectivity index (χ4v) is 3.21. The third-order valence-corrected chi connectivity index (χ3v) is 5.05. The predicted octanol–water partition coefficient (Wildman–Crippen LogP) is 5.34. The maximum Gasteiger partial charge on any atom is 0.280 e. The Morgan fingerprint density at radius 1 is 1.12 bits per heavy atom. The lowest BCUT2D eigenvalue weighted by Crippen LogP contribution is -2.14. The van der Waals surface area contributed by atoms with Crippen LogP contribution in [0, 0.1) is 35.3 Å². The average molecular weight is 457 g/mol. The van der Waals surface area contributed by atoms with Crippen LogP contribution in [-0.4, -0.2) is 17.9 Å². The number of methoxy groups -OCH3 is 1. The van der Waals surface area contributed by atoms with Crippen LogP contribution in [-0.2, 0) is 11.4 Å². The number of rotatable bonds is 8. The number of amides is 1. The second-order valence-corrected chi connectivity index (χ2v) is 7.54. The van der Waals surface area contributed by atoms with Gasteiger partial charge in [0, 0.05) is 5.69 Å². The van der Waals surface area contributed by atoms with Crippen LogP contribution in [0.5, 0.6) is 11.5 Å². The van der Waals surface area contributed by atoms with Crippen LogP contribution < -0.4 is 14.8 Å². The molecule has 0 fully saturated rings. The van der Waals surface area contributed by atoms with E-state index in [2.05, 4.69) is 5.32 Å². The zero-order valence-electron chi connectivity index (χ0n) is 19.0. The van der Waals surface area contributed by atoms with Crippen LogP contribution in [0.25, 0.3) is 6.08 Å². The summed E-state index contributed by atoms with van der Waals surface area (Å²) < 4.78 is 11.1.